The Morgan fingerprint density at radius 2 is 1.47 bits per heavy atom. The Labute approximate surface area is 178 Å². The molecule has 0 bridgehead atoms. The summed E-state index contributed by atoms with van der Waals surface area (Å²) in [6, 6.07) is 32.8. The molecule has 5 rings (SSSR count). The molecule has 0 aliphatic rings. The quantitative estimate of drug-likeness (QED) is 0.241. The highest BCUT2D eigenvalue weighted by atomic mass is 32.1. The van der Waals surface area contributed by atoms with Crippen LogP contribution in [0.3, 0.4) is 0 Å². The number of hydrogen-bond acceptors (Lipinski definition) is 2. The predicted octanol–water partition coefficient (Wildman–Crippen LogP) is 7.19. The van der Waals surface area contributed by atoms with Crippen LogP contribution in [0.1, 0.15) is 5.56 Å². The molecule has 0 unspecified atom stereocenters. The Hall–Kier alpha value is -3.76. The summed E-state index contributed by atoms with van der Waals surface area (Å²) in [6.45, 7) is 0. The summed E-state index contributed by atoms with van der Waals surface area (Å²) in [5.41, 5.74) is 4.02. The van der Waals surface area contributed by atoms with E-state index in [0.717, 1.165) is 22.4 Å². The van der Waals surface area contributed by atoms with Crippen LogP contribution in [0.2, 0.25) is 0 Å². The molecule has 4 aromatic carbocycles. The van der Waals surface area contributed by atoms with E-state index in [2.05, 4.69) is 58.8 Å². The molecule has 0 aliphatic heterocycles. The summed E-state index contributed by atoms with van der Waals surface area (Å²) in [6.07, 6.45) is 1.61. The molecule has 1 aromatic heterocycles. The first kappa shape index (κ1) is 18.3. The monoisotopic (exact) mass is 405 g/mol. The van der Waals surface area contributed by atoms with E-state index in [0.29, 0.717) is 0 Å². The van der Waals surface area contributed by atoms with Crippen molar-refractivity contribution in [3.63, 3.8) is 0 Å². The lowest BCUT2D eigenvalue weighted by Gasteiger charge is -2.10. The number of nitrogens with one attached hydrogen (secondary N) is 2. The second-order valence-corrected chi connectivity index (χ2v) is 8.06. The van der Waals surface area contributed by atoms with E-state index >= 15 is 0 Å². The molecule has 0 radical (unpaired) electrons. The zero-order valence-electron chi connectivity index (χ0n) is 16.2. The number of thiophene rings is 1. The van der Waals surface area contributed by atoms with E-state index < -0.39 is 0 Å². The Balaban J connectivity index is 1.56. The molecular weight excluding hydrogens is 386 g/mol. The molecule has 3 nitrogen and oxygen atoms in total. The van der Waals surface area contributed by atoms with Gasteiger partial charge in [-0.15, -0.1) is 11.3 Å². The van der Waals surface area contributed by atoms with Gasteiger partial charge in [-0.2, -0.15) is 0 Å². The van der Waals surface area contributed by atoms with Crippen molar-refractivity contribution in [3.8, 4) is 11.1 Å². The molecule has 2 N–H and O–H groups in total. The van der Waals surface area contributed by atoms with Gasteiger partial charge in [0.2, 0.25) is 0 Å². The van der Waals surface area contributed by atoms with Crippen molar-refractivity contribution in [3.05, 3.63) is 103 Å². The number of fused-ring (bicyclic) bond motifs is 3. The van der Waals surface area contributed by atoms with Gasteiger partial charge in [-0.05, 0) is 23.8 Å². The zero-order chi connectivity index (χ0) is 20.3. The molecule has 0 atom stereocenters. The van der Waals surface area contributed by atoms with Crippen LogP contribution in [0.5, 0.6) is 0 Å². The Bertz CT molecular complexity index is 1370. The molecular formula is C26H19N3S. The molecule has 0 saturated heterocycles. The maximum Gasteiger partial charge on any atom is 0.153 e. The van der Waals surface area contributed by atoms with E-state index in [1.165, 1.54) is 20.2 Å². The molecule has 0 saturated carbocycles. The average Bonchev–Trinajstić information content (AvgIpc) is 3.17. The highest BCUT2D eigenvalue weighted by molar-refractivity contribution is 7.25. The van der Waals surface area contributed by atoms with Crippen LogP contribution in [0.25, 0.3) is 31.3 Å². The molecule has 0 aliphatic carbocycles. The minimum atomic E-state index is 0.229. The first-order valence-corrected chi connectivity index (χ1v) is 10.5. The maximum atomic E-state index is 8.18. The van der Waals surface area contributed by atoms with Crippen molar-refractivity contribution in [2.45, 2.75) is 0 Å². The third-order valence-electron chi connectivity index (χ3n) is 5.06. The lowest BCUT2D eigenvalue weighted by Crippen LogP contribution is -2.01. The number of nitrogens with zero attached hydrogens (tertiary/aromatic N) is 1. The molecule has 4 heteroatoms. The summed E-state index contributed by atoms with van der Waals surface area (Å²) in [4.78, 5) is 4.30. The fourth-order valence-electron chi connectivity index (χ4n) is 3.58. The van der Waals surface area contributed by atoms with E-state index in [9.17, 15) is 0 Å². The lowest BCUT2D eigenvalue weighted by molar-refractivity contribution is 1.42. The Morgan fingerprint density at radius 3 is 2.27 bits per heavy atom. The second-order valence-electron chi connectivity index (χ2n) is 6.98. The maximum absolute atomic E-state index is 8.18. The first-order chi connectivity index (χ1) is 14.8. The minimum absolute atomic E-state index is 0.229. The number of aliphatic imine (C=N–C) groups is 1. The highest BCUT2D eigenvalue weighted by Gasteiger charge is 2.11. The van der Waals surface area contributed by atoms with Crippen LogP contribution in [0.15, 0.2) is 102 Å². The molecule has 0 spiro atoms. The van der Waals surface area contributed by atoms with Gasteiger partial charge in [0.05, 0.1) is 6.34 Å². The number of anilines is 1. The highest BCUT2D eigenvalue weighted by Crippen LogP contribution is 2.40. The van der Waals surface area contributed by atoms with Gasteiger partial charge in [0, 0.05) is 37.0 Å². The van der Waals surface area contributed by atoms with Crippen molar-refractivity contribution in [2.24, 2.45) is 4.99 Å². The molecule has 5 aromatic rings. The Kier molecular flexibility index (Phi) is 4.83. The van der Waals surface area contributed by atoms with Crippen molar-refractivity contribution in [1.29, 1.82) is 5.41 Å². The van der Waals surface area contributed by atoms with E-state index in [4.69, 9.17) is 5.41 Å². The average molecular weight is 406 g/mol. The van der Waals surface area contributed by atoms with Gasteiger partial charge in [-0.3, -0.25) is 5.41 Å². The van der Waals surface area contributed by atoms with Gasteiger partial charge in [0.25, 0.3) is 0 Å². The number of benzene rings is 4. The lowest BCUT2D eigenvalue weighted by atomic mass is 10.0. The third kappa shape index (κ3) is 3.49. The smallest absolute Gasteiger partial charge is 0.153 e. The van der Waals surface area contributed by atoms with E-state index in [1.807, 2.05) is 48.5 Å². The van der Waals surface area contributed by atoms with Gasteiger partial charge in [-0.25, -0.2) is 4.99 Å². The fourth-order valence-corrected chi connectivity index (χ4v) is 4.71. The van der Waals surface area contributed by atoms with E-state index in [-0.39, 0.29) is 5.84 Å². The first-order valence-electron chi connectivity index (χ1n) is 9.73. The van der Waals surface area contributed by atoms with Gasteiger partial charge in [-0.1, -0.05) is 78.9 Å². The second kappa shape index (κ2) is 7.93. The number of rotatable bonds is 4. The van der Waals surface area contributed by atoms with Crippen LogP contribution in [0, 0.1) is 5.41 Å². The fraction of sp³-hybridized carbons (Fsp3) is 0. The summed E-state index contributed by atoms with van der Waals surface area (Å²) < 4.78 is 2.51. The summed E-state index contributed by atoms with van der Waals surface area (Å²) in [5.74, 6) is 0.229. The Morgan fingerprint density at radius 1 is 0.767 bits per heavy atom. The molecule has 0 amide bonds. The third-order valence-corrected chi connectivity index (χ3v) is 6.20. The zero-order valence-corrected chi connectivity index (χ0v) is 17.0. The van der Waals surface area contributed by atoms with Gasteiger partial charge in [0.1, 0.15) is 0 Å². The minimum Gasteiger partial charge on any atom is -0.346 e. The number of amidine groups is 1. The van der Waals surface area contributed by atoms with Crippen LogP contribution in [-0.4, -0.2) is 12.2 Å². The largest absolute Gasteiger partial charge is 0.346 e. The summed E-state index contributed by atoms with van der Waals surface area (Å²) >= 11 is 1.79. The van der Waals surface area contributed by atoms with Gasteiger partial charge in [0.15, 0.2) is 5.84 Å². The predicted molar refractivity (Wildman–Crippen MR) is 130 cm³/mol. The normalized spacial score (nSPS) is 11.3. The van der Waals surface area contributed by atoms with Crippen molar-refractivity contribution < 1.29 is 0 Å². The molecule has 0 fully saturated rings. The standard InChI is InChI=1S/C26H19N3S/c27-26(19-11-5-2-6-12-19)29-17-28-23-16-25-22(20-13-7-8-14-24(20)30-25)15-21(23)18-9-3-1-4-10-18/h1-17H,(H2,27,28,29). The summed E-state index contributed by atoms with van der Waals surface area (Å²) in [7, 11) is 0. The van der Waals surface area contributed by atoms with Gasteiger partial charge < -0.3 is 5.32 Å². The van der Waals surface area contributed by atoms with Crippen molar-refractivity contribution >= 4 is 49.4 Å². The SMILES string of the molecule is N=C(/N=C/Nc1cc2sc3ccccc3c2cc1-c1ccccc1)c1ccccc1. The van der Waals surface area contributed by atoms with Crippen LogP contribution < -0.4 is 5.32 Å². The number of hydrogen-bond donors (Lipinski definition) is 2. The van der Waals surface area contributed by atoms with Crippen LogP contribution >= 0.6 is 11.3 Å². The van der Waals surface area contributed by atoms with Gasteiger partial charge >= 0.3 is 0 Å². The van der Waals surface area contributed by atoms with Crippen LogP contribution in [-0.2, 0) is 0 Å². The summed E-state index contributed by atoms with van der Waals surface area (Å²) in [5, 5.41) is 14.0. The topological polar surface area (TPSA) is 48.2 Å². The van der Waals surface area contributed by atoms with E-state index in [1.54, 1.807) is 17.7 Å². The molecule has 144 valence electrons. The van der Waals surface area contributed by atoms with Crippen molar-refractivity contribution in [2.75, 3.05) is 5.32 Å². The molecule has 1 heterocycles. The van der Waals surface area contributed by atoms with Crippen LogP contribution in [0.4, 0.5) is 5.69 Å². The van der Waals surface area contributed by atoms with Crippen molar-refractivity contribution in [1.82, 2.24) is 0 Å². The molecule has 30 heavy (non-hydrogen) atoms.